The fourth-order valence-electron chi connectivity index (χ4n) is 2.23. The van der Waals surface area contributed by atoms with Gasteiger partial charge in [-0.3, -0.25) is 0 Å². The summed E-state index contributed by atoms with van der Waals surface area (Å²) in [6, 6.07) is 8.96. The van der Waals surface area contributed by atoms with Gasteiger partial charge in [0.15, 0.2) is 0 Å². The molecule has 2 aromatic rings. The summed E-state index contributed by atoms with van der Waals surface area (Å²) in [7, 11) is 0. The molecule has 0 amide bonds. The number of benzene rings is 1. The van der Waals surface area contributed by atoms with E-state index in [2.05, 4.69) is 43.2 Å². The zero-order chi connectivity index (χ0) is 13.1. The minimum atomic E-state index is 0.226. The van der Waals surface area contributed by atoms with Crippen LogP contribution >= 0.6 is 0 Å². The Balaban J connectivity index is 2.35. The largest absolute Gasteiger partial charge is 0.384 e. The Kier molecular flexibility index (Phi) is 3.70. The molecule has 1 unspecified atom stereocenters. The average molecular weight is 243 g/mol. The van der Waals surface area contributed by atoms with Gasteiger partial charge in [0.05, 0.1) is 12.2 Å². The van der Waals surface area contributed by atoms with Gasteiger partial charge in [0.2, 0.25) is 0 Å². The number of aromatic nitrogens is 2. The van der Waals surface area contributed by atoms with Gasteiger partial charge in [0, 0.05) is 5.56 Å². The average Bonchev–Trinajstić information content (AvgIpc) is 2.73. The molecule has 2 rings (SSSR count). The maximum Gasteiger partial charge on any atom is 0.125 e. The number of hydrogen-bond acceptors (Lipinski definition) is 2. The van der Waals surface area contributed by atoms with Gasteiger partial charge in [-0.1, -0.05) is 38.1 Å². The number of nitrogens with zero attached hydrogens (tertiary/aromatic N) is 2. The van der Waals surface area contributed by atoms with E-state index in [9.17, 15) is 0 Å². The van der Waals surface area contributed by atoms with Crippen LogP contribution in [0.4, 0.5) is 5.82 Å². The second kappa shape index (κ2) is 5.25. The summed E-state index contributed by atoms with van der Waals surface area (Å²) in [6.45, 7) is 6.32. The molecule has 0 aliphatic rings. The van der Waals surface area contributed by atoms with Gasteiger partial charge >= 0.3 is 0 Å². The SMILES string of the molecule is CCc1ccc(C(CC)n2ncc(C)c2N)cc1. The Morgan fingerprint density at radius 1 is 1.22 bits per heavy atom. The molecule has 96 valence electrons. The van der Waals surface area contributed by atoms with E-state index >= 15 is 0 Å². The standard InChI is InChI=1S/C15H21N3/c1-4-12-6-8-13(9-7-12)14(5-2)18-15(16)11(3)10-17-18/h6-10,14H,4-5,16H2,1-3H3. The van der Waals surface area contributed by atoms with E-state index in [0.29, 0.717) is 0 Å². The molecule has 0 bridgehead atoms. The molecule has 3 nitrogen and oxygen atoms in total. The van der Waals surface area contributed by atoms with Gasteiger partial charge in [-0.25, -0.2) is 4.68 Å². The lowest BCUT2D eigenvalue weighted by Gasteiger charge is -2.18. The highest BCUT2D eigenvalue weighted by Gasteiger charge is 2.15. The van der Waals surface area contributed by atoms with Crippen LogP contribution in [0.15, 0.2) is 30.5 Å². The van der Waals surface area contributed by atoms with Crippen LogP contribution in [0.1, 0.15) is 43.0 Å². The molecule has 0 aliphatic carbocycles. The topological polar surface area (TPSA) is 43.8 Å². The molecular weight excluding hydrogens is 222 g/mol. The van der Waals surface area contributed by atoms with Crippen molar-refractivity contribution in [3.63, 3.8) is 0 Å². The van der Waals surface area contributed by atoms with Crippen LogP contribution in [0.5, 0.6) is 0 Å². The van der Waals surface area contributed by atoms with E-state index in [-0.39, 0.29) is 6.04 Å². The number of nitrogen functional groups attached to an aromatic ring is 1. The van der Waals surface area contributed by atoms with Gasteiger partial charge in [-0.15, -0.1) is 0 Å². The number of anilines is 1. The highest BCUT2D eigenvalue weighted by molar-refractivity contribution is 5.39. The Bertz CT molecular complexity index is 511. The summed E-state index contributed by atoms with van der Waals surface area (Å²) in [6.07, 6.45) is 3.88. The molecule has 0 aliphatic heterocycles. The summed E-state index contributed by atoms with van der Waals surface area (Å²) < 4.78 is 1.93. The maximum atomic E-state index is 6.07. The van der Waals surface area contributed by atoms with Crippen LogP contribution in [-0.4, -0.2) is 9.78 Å². The molecule has 0 radical (unpaired) electrons. The van der Waals surface area contributed by atoms with Crippen molar-refractivity contribution in [2.45, 2.75) is 39.7 Å². The number of aryl methyl sites for hydroxylation is 2. The van der Waals surface area contributed by atoms with Crippen LogP contribution in [-0.2, 0) is 6.42 Å². The van der Waals surface area contributed by atoms with E-state index < -0.39 is 0 Å². The normalized spacial score (nSPS) is 12.6. The van der Waals surface area contributed by atoms with E-state index in [1.165, 1.54) is 11.1 Å². The molecule has 0 spiro atoms. The molecule has 0 saturated carbocycles. The highest BCUT2D eigenvalue weighted by Crippen LogP contribution is 2.25. The molecule has 3 heteroatoms. The van der Waals surface area contributed by atoms with E-state index in [4.69, 9.17) is 5.73 Å². The summed E-state index contributed by atoms with van der Waals surface area (Å²) in [5, 5.41) is 4.40. The van der Waals surface area contributed by atoms with Crippen molar-refractivity contribution in [2.24, 2.45) is 0 Å². The third kappa shape index (κ3) is 2.26. The monoisotopic (exact) mass is 243 g/mol. The second-order valence-electron chi connectivity index (χ2n) is 4.68. The van der Waals surface area contributed by atoms with Crippen LogP contribution in [0.2, 0.25) is 0 Å². The highest BCUT2D eigenvalue weighted by atomic mass is 15.3. The zero-order valence-electron chi connectivity index (χ0n) is 11.4. The molecule has 1 heterocycles. The first-order valence-corrected chi connectivity index (χ1v) is 6.55. The first-order valence-electron chi connectivity index (χ1n) is 6.55. The van der Waals surface area contributed by atoms with Crippen molar-refractivity contribution in [1.29, 1.82) is 0 Å². The first kappa shape index (κ1) is 12.7. The van der Waals surface area contributed by atoms with Crippen LogP contribution in [0, 0.1) is 6.92 Å². The second-order valence-corrected chi connectivity index (χ2v) is 4.68. The van der Waals surface area contributed by atoms with Crippen molar-refractivity contribution >= 4 is 5.82 Å². The van der Waals surface area contributed by atoms with Gasteiger partial charge in [0.1, 0.15) is 5.82 Å². The van der Waals surface area contributed by atoms with Crippen molar-refractivity contribution in [2.75, 3.05) is 5.73 Å². The number of rotatable bonds is 4. The van der Waals surface area contributed by atoms with Gasteiger partial charge < -0.3 is 5.73 Å². The summed E-state index contributed by atoms with van der Waals surface area (Å²) in [5.74, 6) is 0.765. The molecule has 0 saturated heterocycles. The summed E-state index contributed by atoms with van der Waals surface area (Å²) >= 11 is 0. The molecule has 1 aromatic carbocycles. The van der Waals surface area contributed by atoms with E-state index in [1.54, 1.807) is 0 Å². The third-order valence-electron chi connectivity index (χ3n) is 3.48. The fourth-order valence-corrected chi connectivity index (χ4v) is 2.23. The van der Waals surface area contributed by atoms with Crippen LogP contribution in [0.25, 0.3) is 0 Å². The molecule has 18 heavy (non-hydrogen) atoms. The summed E-state index contributed by atoms with van der Waals surface area (Å²) in [5.41, 5.74) is 9.74. The lowest BCUT2D eigenvalue weighted by Crippen LogP contribution is -2.14. The number of nitrogens with two attached hydrogens (primary N) is 1. The third-order valence-corrected chi connectivity index (χ3v) is 3.48. The maximum absolute atomic E-state index is 6.07. The predicted molar refractivity (Wildman–Crippen MR) is 75.6 cm³/mol. The molecule has 1 atom stereocenters. The van der Waals surface area contributed by atoms with Crippen LogP contribution < -0.4 is 5.73 Å². The lowest BCUT2D eigenvalue weighted by molar-refractivity contribution is 0.516. The smallest absolute Gasteiger partial charge is 0.125 e. The van der Waals surface area contributed by atoms with Crippen LogP contribution in [0.3, 0.4) is 0 Å². The van der Waals surface area contributed by atoms with E-state index in [1.807, 2.05) is 17.8 Å². The molecule has 0 fully saturated rings. The number of hydrogen-bond donors (Lipinski definition) is 1. The molecule has 1 aromatic heterocycles. The predicted octanol–water partition coefficient (Wildman–Crippen LogP) is 3.34. The first-order chi connectivity index (χ1) is 8.67. The zero-order valence-corrected chi connectivity index (χ0v) is 11.4. The Labute approximate surface area is 109 Å². The van der Waals surface area contributed by atoms with Crippen molar-refractivity contribution in [1.82, 2.24) is 9.78 Å². The molecular formula is C15H21N3. The van der Waals surface area contributed by atoms with Gasteiger partial charge in [-0.2, -0.15) is 5.10 Å². The van der Waals surface area contributed by atoms with Gasteiger partial charge in [0.25, 0.3) is 0 Å². The minimum absolute atomic E-state index is 0.226. The van der Waals surface area contributed by atoms with Crippen molar-refractivity contribution < 1.29 is 0 Å². The minimum Gasteiger partial charge on any atom is -0.384 e. The Morgan fingerprint density at radius 3 is 2.33 bits per heavy atom. The van der Waals surface area contributed by atoms with Gasteiger partial charge in [-0.05, 0) is 30.9 Å². The van der Waals surface area contributed by atoms with E-state index in [0.717, 1.165) is 24.2 Å². The Hall–Kier alpha value is -1.77. The van der Waals surface area contributed by atoms with Crippen molar-refractivity contribution in [3.8, 4) is 0 Å². The summed E-state index contributed by atoms with van der Waals surface area (Å²) in [4.78, 5) is 0. The molecule has 2 N–H and O–H groups in total. The quantitative estimate of drug-likeness (QED) is 0.895. The lowest BCUT2D eigenvalue weighted by atomic mass is 10.0. The van der Waals surface area contributed by atoms with Crippen molar-refractivity contribution in [3.05, 3.63) is 47.2 Å². The fraction of sp³-hybridized carbons (Fsp3) is 0.400. The Morgan fingerprint density at radius 2 is 1.89 bits per heavy atom.